The quantitative estimate of drug-likeness (QED) is 0.0950. The molecule has 0 amide bonds. The molecule has 0 saturated carbocycles. The van der Waals surface area contributed by atoms with Gasteiger partial charge in [0.25, 0.3) is 0 Å². The average molecular weight is 699 g/mol. The molecule has 0 spiro atoms. The number of allylic oxidation sites excluding steroid dienone is 2. The van der Waals surface area contributed by atoms with Gasteiger partial charge < -0.3 is 19.3 Å². The summed E-state index contributed by atoms with van der Waals surface area (Å²) in [7, 11) is 7.22. The van der Waals surface area contributed by atoms with Crippen LogP contribution >= 0.6 is 0 Å². The molecule has 2 radical (unpaired) electrons. The Hall–Kier alpha value is -2.90. The average Bonchev–Trinajstić information content (AvgIpc) is 3.53. The molecule has 51 heavy (non-hydrogen) atoms. The summed E-state index contributed by atoms with van der Waals surface area (Å²) >= 11 is 0. The highest BCUT2D eigenvalue weighted by Crippen LogP contribution is 2.41. The number of hydrogen-bond donors (Lipinski definition) is 0. The molecule has 1 fully saturated rings. The van der Waals surface area contributed by atoms with Crippen LogP contribution in [0.2, 0.25) is 0 Å². The Bertz CT molecular complexity index is 1440. The topological polar surface area (TPSA) is 50.7 Å². The molecule has 0 N–H and O–H groups in total. The largest absolute Gasteiger partial charge is 0.493 e. The zero-order chi connectivity index (χ0) is 37.6. The van der Waals surface area contributed by atoms with Crippen molar-refractivity contribution in [2.75, 3.05) is 53.0 Å². The van der Waals surface area contributed by atoms with Crippen molar-refractivity contribution in [2.45, 2.75) is 127 Å². The SMILES string of the molecule is CC.CCC.CCC1=CCC(C)(CCN2CCN(CCCCCCOc3cc4nc(C)nc(C)c4cc3OC)CC2)C1.[B]c1cccc(CC)c1. The number of ether oxygens (including phenoxy) is 2. The number of rotatable bonds is 14. The van der Waals surface area contributed by atoms with Crippen LogP contribution in [0.15, 0.2) is 48.0 Å². The van der Waals surface area contributed by atoms with Gasteiger partial charge in [-0.15, -0.1) is 0 Å². The molecule has 6 nitrogen and oxygen atoms in total. The van der Waals surface area contributed by atoms with Crippen LogP contribution in [0, 0.1) is 19.3 Å². The van der Waals surface area contributed by atoms with Crippen LogP contribution in [0.5, 0.6) is 11.5 Å². The Labute approximate surface area is 314 Å². The maximum atomic E-state index is 6.10. The van der Waals surface area contributed by atoms with Gasteiger partial charge in [-0.1, -0.05) is 109 Å². The fourth-order valence-corrected chi connectivity index (χ4v) is 6.70. The van der Waals surface area contributed by atoms with Crippen LogP contribution in [0.1, 0.15) is 123 Å². The second-order valence-corrected chi connectivity index (χ2v) is 14.3. The summed E-state index contributed by atoms with van der Waals surface area (Å²) in [5.74, 6) is 2.31. The van der Waals surface area contributed by atoms with E-state index in [2.05, 4.69) is 66.5 Å². The zero-order valence-corrected chi connectivity index (χ0v) is 34.2. The summed E-state index contributed by atoms with van der Waals surface area (Å²) < 4.78 is 11.7. The number of hydrogen-bond acceptors (Lipinski definition) is 6. The van der Waals surface area contributed by atoms with Crippen LogP contribution in [-0.4, -0.2) is 80.6 Å². The zero-order valence-electron chi connectivity index (χ0n) is 34.2. The van der Waals surface area contributed by atoms with Crippen molar-refractivity contribution in [3.8, 4) is 11.5 Å². The van der Waals surface area contributed by atoms with E-state index in [4.69, 9.17) is 17.3 Å². The molecule has 2 aliphatic rings. The number of aryl methyl sites for hydroxylation is 3. The minimum Gasteiger partial charge on any atom is -0.493 e. The number of benzene rings is 2. The molecule has 2 heterocycles. The summed E-state index contributed by atoms with van der Waals surface area (Å²) in [6.45, 7) is 27.2. The Morgan fingerprint density at radius 1 is 0.824 bits per heavy atom. The first kappa shape index (κ1) is 44.3. The van der Waals surface area contributed by atoms with E-state index in [-0.39, 0.29) is 0 Å². The van der Waals surface area contributed by atoms with Gasteiger partial charge >= 0.3 is 0 Å². The van der Waals surface area contributed by atoms with Crippen LogP contribution in [-0.2, 0) is 6.42 Å². The minimum absolute atomic E-state index is 0.512. The lowest BCUT2D eigenvalue weighted by Crippen LogP contribution is -2.47. The van der Waals surface area contributed by atoms with E-state index < -0.39 is 0 Å². The van der Waals surface area contributed by atoms with E-state index in [1.165, 1.54) is 96.2 Å². The van der Waals surface area contributed by atoms with Crippen molar-refractivity contribution in [1.82, 2.24) is 19.8 Å². The molecular weight excluding hydrogens is 627 g/mol. The predicted molar refractivity (Wildman–Crippen MR) is 221 cm³/mol. The van der Waals surface area contributed by atoms with Crippen LogP contribution < -0.4 is 14.9 Å². The second kappa shape index (κ2) is 24.4. The van der Waals surface area contributed by atoms with Gasteiger partial charge in [0.1, 0.15) is 13.7 Å². The first-order valence-corrected chi connectivity index (χ1v) is 20.1. The second-order valence-electron chi connectivity index (χ2n) is 14.3. The Morgan fingerprint density at radius 3 is 2.08 bits per heavy atom. The van der Waals surface area contributed by atoms with Crippen molar-refractivity contribution >= 4 is 24.2 Å². The lowest BCUT2D eigenvalue weighted by atomic mass is 9.83. The molecule has 282 valence electrons. The highest BCUT2D eigenvalue weighted by atomic mass is 16.5. The third kappa shape index (κ3) is 15.7. The predicted octanol–water partition coefficient (Wildman–Crippen LogP) is 9.82. The molecule has 2 aromatic carbocycles. The number of fused-ring (bicyclic) bond motifs is 1. The molecule has 7 heteroatoms. The van der Waals surface area contributed by atoms with Crippen molar-refractivity contribution in [1.29, 1.82) is 0 Å². The van der Waals surface area contributed by atoms with E-state index in [0.717, 1.165) is 52.2 Å². The monoisotopic (exact) mass is 699 g/mol. The van der Waals surface area contributed by atoms with Gasteiger partial charge in [-0.2, -0.15) is 0 Å². The van der Waals surface area contributed by atoms with Gasteiger partial charge in [0.2, 0.25) is 0 Å². The molecule has 1 unspecified atom stereocenters. The summed E-state index contributed by atoms with van der Waals surface area (Å²) in [6.07, 6.45) is 14.8. The number of unbranched alkanes of at least 4 members (excludes halogenated alkanes) is 3. The summed E-state index contributed by atoms with van der Waals surface area (Å²) in [5, 5.41) is 1.02. The first-order valence-electron chi connectivity index (χ1n) is 20.1. The number of piperazine rings is 1. The van der Waals surface area contributed by atoms with E-state index >= 15 is 0 Å². The van der Waals surface area contributed by atoms with E-state index in [1.807, 2.05) is 58.0 Å². The van der Waals surface area contributed by atoms with Crippen molar-refractivity contribution in [2.24, 2.45) is 5.41 Å². The van der Waals surface area contributed by atoms with Crippen LogP contribution in [0.3, 0.4) is 0 Å². The standard InChI is InChI=1S/C31H48N4O2.C8H9B.C3H8.C2H6/c1-6-26-11-12-31(4,23-26)13-15-35-18-16-34(17-19-35)14-9-7-8-10-20-37-30-22-28-27(21-29(30)36-5)24(2)32-25(3)33-28;1-2-7-4-3-5-8(9)6-7;1-3-2;1-2/h11,21-22H,6-10,12-20,23H2,1-5H3;3-6H,2H2,1H3;3H2,1-2H3;1-2H3. The third-order valence-electron chi connectivity index (χ3n) is 9.76. The number of aromatic nitrogens is 2. The molecule has 3 aromatic rings. The molecular formula is C44H71BN4O2. The molecule has 1 aromatic heterocycles. The van der Waals surface area contributed by atoms with E-state index in [1.54, 1.807) is 12.7 Å². The molecule has 1 aliphatic heterocycles. The highest BCUT2D eigenvalue weighted by Gasteiger charge is 2.29. The van der Waals surface area contributed by atoms with Gasteiger partial charge in [-0.3, -0.25) is 0 Å². The van der Waals surface area contributed by atoms with Crippen LogP contribution in [0.25, 0.3) is 10.9 Å². The molecule has 1 aliphatic carbocycles. The highest BCUT2D eigenvalue weighted by molar-refractivity contribution is 6.32. The van der Waals surface area contributed by atoms with Crippen molar-refractivity contribution in [3.05, 3.63) is 65.1 Å². The van der Waals surface area contributed by atoms with Gasteiger partial charge in [-0.05, 0) is 88.9 Å². The third-order valence-corrected chi connectivity index (χ3v) is 9.76. The smallest absolute Gasteiger partial charge is 0.163 e. The fraction of sp³-hybridized carbons (Fsp3) is 0.636. The number of methoxy groups -OCH3 is 1. The summed E-state index contributed by atoms with van der Waals surface area (Å²) in [6, 6.07) is 11.9. The summed E-state index contributed by atoms with van der Waals surface area (Å²) in [5.41, 5.74) is 6.22. The van der Waals surface area contributed by atoms with Crippen LogP contribution in [0.4, 0.5) is 0 Å². The Morgan fingerprint density at radius 2 is 1.49 bits per heavy atom. The summed E-state index contributed by atoms with van der Waals surface area (Å²) in [4.78, 5) is 14.4. The van der Waals surface area contributed by atoms with Crippen molar-refractivity contribution < 1.29 is 9.47 Å². The van der Waals surface area contributed by atoms with Crippen molar-refractivity contribution in [3.63, 3.8) is 0 Å². The lowest BCUT2D eigenvalue weighted by molar-refractivity contribution is 0.116. The fourth-order valence-electron chi connectivity index (χ4n) is 6.70. The first-order chi connectivity index (χ1) is 24.6. The van der Waals surface area contributed by atoms with E-state index in [0.29, 0.717) is 12.0 Å². The Balaban J connectivity index is 0.000000543. The molecule has 5 rings (SSSR count). The molecule has 1 saturated heterocycles. The number of nitrogens with zero attached hydrogens (tertiary/aromatic N) is 4. The minimum atomic E-state index is 0.512. The maximum Gasteiger partial charge on any atom is 0.163 e. The normalized spacial score (nSPS) is 17.3. The van der Waals surface area contributed by atoms with Gasteiger partial charge in [0, 0.05) is 43.3 Å². The lowest BCUT2D eigenvalue weighted by Gasteiger charge is -2.36. The van der Waals surface area contributed by atoms with Gasteiger partial charge in [-0.25, -0.2) is 9.97 Å². The molecule has 1 atom stereocenters. The van der Waals surface area contributed by atoms with E-state index in [9.17, 15) is 0 Å². The van der Waals surface area contributed by atoms with Gasteiger partial charge in [0.05, 0.1) is 19.2 Å². The molecule has 0 bridgehead atoms. The maximum absolute atomic E-state index is 6.10. The van der Waals surface area contributed by atoms with Gasteiger partial charge in [0.15, 0.2) is 11.5 Å². The Kier molecular flexibility index (Phi) is 21.1.